The third kappa shape index (κ3) is 2.75. The number of anilines is 1. The number of nitrogens with zero attached hydrogens (tertiary/aromatic N) is 2. The molecule has 0 amide bonds. The summed E-state index contributed by atoms with van der Waals surface area (Å²) in [5.74, 6) is 0.0579. The van der Waals surface area contributed by atoms with Gasteiger partial charge in [-0.25, -0.2) is 9.89 Å². The van der Waals surface area contributed by atoms with Crippen LogP contribution in [-0.4, -0.2) is 21.7 Å². The molecule has 1 aromatic heterocycles. The first-order chi connectivity index (χ1) is 6.74. The zero-order valence-electron chi connectivity index (χ0n) is 7.33. The van der Waals surface area contributed by atoms with Crippen molar-refractivity contribution >= 4 is 5.82 Å². The van der Waals surface area contributed by atoms with Gasteiger partial charge in [0.15, 0.2) is 0 Å². The Bertz CT molecular complexity index is 440. The molecule has 7 heteroatoms. The highest BCUT2D eigenvalue weighted by atomic mass is 16.2. The van der Waals surface area contributed by atoms with Crippen LogP contribution in [0.2, 0.25) is 0 Å². The van der Waals surface area contributed by atoms with Crippen molar-refractivity contribution in [3.8, 4) is 6.07 Å². The summed E-state index contributed by atoms with van der Waals surface area (Å²) in [6.07, 6.45) is 1.03. The first-order valence-corrected chi connectivity index (χ1v) is 4.04. The SMILES string of the molecule is N#CCCCNc1n[nH]c(=O)[nH]c1=O. The van der Waals surface area contributed by atoms with E-state index in [0.717, 1.165) is 0 Å². The van der Waals surface area contributed by atoms with Crippen molar-refractivity contribution in [2.24, 2.45) is 0 Å². The lowest BCUT2D eigenvalue weighted by atomic mass is 10.3. The molecule has 0 spiro atoms. The summed E-state index contributed by atoms with van der Waals surface area (Å²) >= 11 is 0. The second-order valence-corrected chi connectivity index (χ2v) is 2.54. The fourth-order valence-electron chi connectivity index (χ4n) is 0.842. The van der Waals surface area contributed by atoms with E-state index in [9.17, 15) is 9.59 Å². The van der Waals surface area contributed by atoms with Gasteiger partial charge in [0.25, 0.3) is 5.56 Å². The number of hydrogen-bond acceptors (Lipinski definition) is 5. The molecule has 0 aliphatic rings. The summed E-state index contributed by atoms with van der Waals surface area (Å²) in [4.78, 5) is 23.6. The Kier molecular flexibility index (Phi) is 3.43. The highest BCUT2D eigenvalue weighted by Crippen LogP contribution is 1.90. The van der Waals surface area contributed by atoms with Crippen molar-refractivity contribution in [2.75, 3.05) is 11.9 Å². The lowest BCUT2D eigenvalue weighted by Gasteiger charge is -2.00. The third-order valence-electron chi connectivity index (χ3n) is 1.47. The average molecular weight is 195 g/mol. The van der Waals surface area contributed by atoms with Crippen LogP contribution in [0.5, 0.6) is 0 Å². The summed E-state index contributed by atoms with van der Waals surface area (Å²) in [6.45, 7) is 0.468. The number of H-pyrrole nitrogens is 2. The maximum absolute atomic E-state index is 11.0. The quantitative estimate of drug-likeness (QED) is 0.542. The summed E-state index contributed by atoms with van der Waals surface area (Å²) in [6, 6.07) is 1.97. The minimum absolute atomic E-state index is 0.0579. The van der Waals surface area contributed by atoms with E-state index in [0.29, 0.717) is 19.4 Å². The van der Waals surface area contributed by atoms with E-state index in [1.807, 2.05) is 11.1 Å². The maximum Gasteiger partial charge on any atom is 0.342 e. The molecule has 0 aromatic carbocycles. The fraction of sp³-hybridized carbons (Fsp3) is 0.429. The van der Waals surface area contributed by atoms with Crippen LogP contribution in [0, 0.1) is 11.3 Å². The Balaban J connectivity index is 2.56. The molecule has 14 heavy (non-hydrogen) atoms. The first-order valence-electron chi connectivity index (χ1n) is 4.04. The van der Waals surface area contributed by atoms with Crippen LogP contribution >= 0.6 is 0 Å². The van der Waals surface area contributed by atoms with E-state index in [4.69, 9.17) is 5.26 Å². The minimum atomic E-state index is -0.641. The smallest absolute Gasteiger partial charge is 0.342 e. The second kappa shape index (κ2) is 4.81. The van der Waals surface area contributed by atoms with Crippen molar-refractivity contribution in [2.45, 2.75) is 12.8 Å². The van der Waals surface area contributed by atoms with Gasteiger partial charge in [-0.15, -0.1) is 5.10 Å². The molecule has 1 aromatic rings. The molecule has 7 nitrogen and oxygen atoms in total. The van der Waals surface area contributed by atoms with Gasteiger partial charge in [0.1, 0.15) is 0 Å². The van der Waals surface area contributed by atoms with Crippen molar-refractivity contribution in [1.82, 2.24) is 15.2 Å². The topological polar surface area (TPSA) is 114 Å². The molecule has 0 fully saturated rings. The Labute approximate surface area is 78.8 Å². The number of nitriles is 1. The minimum Gasteiger partial charge on any atom is -0.364 e. The molecule has 3 N–H and O–H groups in total. The van der Waals surface area contributed by atoms with Gasteiger partial charge in [-0.2, -0.15) is 5.26 Å². The van der Waals surface area contributed by atoms with E-state index in [2.05, 4.69) is 15.5 Å². The molecular formula is C7H9N5O2. The van der Waals surface area contributed by atoms with Gasteiger partial charge in [0.2, 0.25) is 5.82 Å². The first kappa shape index (κ1) is 9.98. The lowest BCUT2D eigenvalue weighted by Crippen LogP contribution is -2.27. The van der Waals surface area contributed by atoms with Gasteiger partial charge in [-0.1, -0.05) is 0 Å². The van der Waals surface area contributed by atoms with Gasteiger partial charge in [0, 0.05) is 13.0 Å². The fourth-order valence-corrected chi connectivity index (χ4v) is 0.842. The normalized spacial score (nSPS) is 9.36. The van der Waals surface area contributed by atoms with E-state index in [1.165, 1.54) is 0 Å². The van der Waals surface area contributed by atoms with Crippen molar-refractivity contribution in [3.63, 3.8) is 0 Å². The zero-order valence-corrected chi connectivity index (χ0v) is 7.33. The van der Waals surface area contributed by atoms with Crippen molar-refractivity contribution in [3.05, 3.63) is 20.8 Å². The number of rotatable bonds is 4. The Morgan fingerprint density at radius 3 is 2.93 bits per heavy atom. The van der Waals surface area contributed by atoms with Gasteiger partial charge in [-0.3, -0.25) is 9.78 Å². The molecule has 74 valence electrons. The van der Waals surface area contributed by atoms with E-state index in [-0.39, 0.29) is 5.82 Å². The molecular weight excluding hydrogens is 186 g/mol. The number of unbranched alkanes of at least 4 members (excludes halogenated alkanes) is 1. The molecule has 0 unspecified atom stereocenters. The van der Waals surface area contributed by atoms with Crippen LogP contribution in [0.3, 0.4) is 0 Å². The monoisotopic (exact) mass is 195 g/mol. The Hall–Kier alpha value is -2.10. The van der Waals surface area contributed by atoms with Crippen LogP contribution in [-0.2, 0) is 0 Å². The van der Waals surface area contributed by atoms with Gasteiger partial charge in [-0.05, 0) is 6.42 Å². The molecule has 0 aliphatic carbocycles. The van der Waals surface area contributed by atoms with Crippen LogP contribution in [0.15, 0.2) is 9.59 Å². The summed E-state index contributed by atoms with van der Waals surface area (Å²) in [5, 5.41) is 16.5. The maximum atomic E-state index is 11.0. The zero-order chi connectivity index (χ0) is 10.4. The van der Waals surface area contributed by atoms with Gasteiger partial charge >= 0.3 is 5.69 Å². The Morgan fingerprint density at radius 2 is 2.29 bits per heavy atom. The highest BCUT2D eigenvalue weighted by Gasteiger charge is 1.99. The molecule has 0 saturated carbocycles. The van der Waals surface area contributed by atoms with E-state index >= 15 is 0 Å². The number of hydrogen-bond donors (Lipinski definition) is 3. The molecule has 0 bridgehead atoms. The molecule has 0 atom stereocenters. The third-order valence-corrected chi connectivity index (χ3v) is 1.47. The van der Waals surface area contributed by atoms with Crippen LogP contribution in [0.1, 0.15) is 12.8 Å². The molecule has 0 radical (unpaired) electrons. The van der Waals surface area contributed by atoms with E-state index < -0.39 is 11.2 Å². The van der Waals surface area contributed by atoms with Gasteiger partial charge < -0.3 is 5.32 Å². The van der Waals surface area contributed by atoms with Crippen LogP contribution in [0.4, 0.5) is 5.82 Å². The average Bonchev–Trinajstić information content (AvgIpc) is 2.15. The number of aromatic nitrogens is 3. The van der Waals surface area contributed by atoms with Crippen molar-refractivity contribution in [1.29, 1.82) is 5.26 Å². The Morgan fingerprint density at radius 1 is 1.50 bits per heavy atom. The summed E-state index contributed by atoms with van der Waals surface area (Å²) < 4.78 is 0. The second-order valence-electron chi connectivity index (χ2n) is 2.54. The molecule has 1 heterocycles. The predicted octanol–water partition coefficient (Wildman–Crippen LogP) is -0.826. The van der Waals surface area contributed by atoms with Crippen LogP contribution < -0.4 is 16.6 Å². The van der Waals surface area contributed by atoms with E-state index in [1.54, 1.807) is 0 Å². The number of aromatic amines is 2. The summed E-state index contributed by atoms with van der Waals surface area (Å²) in [7, 11) is 0. The highest BCUT2D eigenvalue weighted by molar-refractivity contribution is 5.28. The molecule has 1 rings (SSSR count). The largest absolute Gasteiger partial charge is 0.364 e. The van der Waals surface area contributed by atoms with Gasteiger partial charge in [0.05, 0.1) is 6.07 Å². The van der Waals surface area contributed by atoms with Crippen LogP contribution in [0.25, 0.3) is 0 Å². The molecule has 0 aliphatic heterocycles. The lowest BCUT2D eigenvalue weighted by molar-refractivity contribution is 0.850. The standard InChI is InChI=1S/C7H9N5O2/c8-3-1-2-4-9-5-6(13)10-7(14)12-11-5/h1-2,4H2,(H,9,11)(H2,10,12,13,14). The predicted molar refractivity (Wildman–Crippen MR) is 48.8 cm³/mol. The summed E-state index contributed by atoms with van der Waals surface area (Å²) in [5.41, 5.74) is -1.21. The van der Waals surface area contributed by atoms with Crippen molar-refractivity contribution < 1.29 is 0 Å². The molecule has 0 saturated heterocycles. The number of nitrogens with one attached hydrogen (secondary N) is 3.